The van der Waals surface area contributed by atoms with Gasteiger partial charge in [0.25, 0.3) is 11.8 Å². The van der Waals surface area contributed by atoms with E-state index in [1.165, 1.54) is 0 Å². The van der Waals surface area contributed by atoms with Crippen LogP contribution in [0.3, 0.4) is 0 Å². The number of para-hydroxylation sites is 1. The molecular formula is C15H9ClN2O2. The highest BCUT2D eigenvalue weighted by atomic mass is 35.5. The van der Waals surface area contributed by atoms with Gasteiger partial charge >= 0.3 is 0 Å². The topological polar surface area (TPSA) is 49.4 Å². The molecule has 0 aromatic heterocycles. The molecule has 0 radical (unpaired) electrons. The lowest BCUT2D eigenvalue weighted by atomic mass is 10.1. The minimum absolute atomic E-state index is 0.139. The van der Waals surface area contributed by atoms with Gasteiger partial charge in [0.1, 0.15) is 6.17 Å². The van der Waals surface area contributed by atoms with Gasteiger partial charge in [0.05, 0.1) is 11.3 Å². The molecule has 2 aliphatic rings. The van der Waals surface area contributed by atoms with E-state index < -0.39 is 6.17 Å². The summed E-state index contributed by atoms with van der Waals surface area (Å²) in [7, 11) is 0. The second-order valence-electron chi connectivity index (χ2n) is 4.80. The van der Waals surface area contributed by atoms with Crippen LogP contribution in [0.4, 0.5) is 5.69 Å². The van der Waals surface area contributed by atoms with Crippen molar-refractivity contribution < 1.29 is 9.59 Å². The molecule has 2 aromatic rings. The van der Waals surface area contributed by atoms with Crippen LogP contribution in [0.15, 0.2) is 42.5 Å². The number of carbonyl (C=O) groups is 2. The highest BCUT2D eigenvalue weighted by Crippen LogP contribution is 2.41. The van der Waals surface area contributed by atoms with Crippen LogP contribution in [0.1, 0.15) is 32.4 Å². The smallest absolute Gasteiger partial charge is 0.260 e. The van der Waals surface area contributed by atoms with Gasteiger partial charge in [0.2, 0.25) is 0 Å². The second-order valence-corrected chi connectivity index (χ2v) is 5.24. The zero-order valence-corrected chi connectivity index (χ0v) is 11.0. The Balaban J connectivity index is 1.96. The van der Waals surface area contributed by atoms with E-state index in [0.29, 0.717) is 21.8 Å². The molecule has 1 atom stereocenters. The Bertz CT molecular complexity index is 772. The number of fused-ring (bicyclic) bond motifs is 5. The van der Waals surface area contributed by atoms with Gasteiger partial charge in [0.15, 0.2) is 0 Å². The minimum atomic E-state index is -0.447. The van der Waals surface area contributed by atoms with Crippen LogP contribution in [0.2, 0.25) is 5.02 Å². The summed E-state index contributed by atoms with van der Waals surface area (Å²) in [6.45, 7) is 0. The number of amides is 2. The maximum Gasteiger partial charge on any atom is 0.260 e. The Hall–Kier alpha value is -2.33. The number of hydrogen-bond donors (Lipinski definition) is 1. The molecule has 20 heavy (non-hydrogen) atoms. The average Bonchev–Trinajstić information content (AvgIpc) is 2.72. The van der Waals surface area contributed by atoms with Crippen molar-refractivity contribution in [2.24, 2.45) is 0 Å². The van der Waals surface area contributed by atoms with Crippen molar-refractivity contribution in [3.63, 3.8) is 0 Å². The Morgan fingerprint density at radius 2 is 1.85 bits per heavy atom. The van der Waals surface area contributed by atoms with Gasteiger partial charge in [-0.3, -0.25) is 14.5 Å². The molecule has 0 bridgehead atoms. The average molecular weight is 285 g/mol. The Morgan fingerprint density at radius 3 is 2.70 bits per heavy atom. The van der Waals surface area contributed by atoms with Crippen molar-refractivity contribution >= 4 is 29.1 Å². The van der Waals surface area contributed by atoms with Gasteiger partial charge in [-0.05, 0) is 24.3 Å². The van der Waals surface area contributed by atoms with Crippen LogP contribution in [0.25, 0.3) is 0 Å². The third-order valence-electron chi connectivity index (χ3n) is 3.69. The minimum Gasteiger partial charge on any atom is -0.327 e. The number of nitrogens with zero attached hydrogens (tertiary/aromatic N) is 1. The van der Waals surface area contributed by atoms with Crippen LogP contribution in [-0.2, 0) is 0 Å². The fraction of sp³-hybridized carbons (Fsp3) is 0.0667. The molecule has 2 aliphatic heterocycles. The lowest BCUT2D eigenvalue weighted by Gasteiger charge is -2.32. The molecule has 98 valence electrons. The first-order chi connectivity index (χ1) is 9.66. The third kappa shape index (κ3) is 1.37. The molecule has 0 unspecified atom stereocenters. The standard InChI is InChI=1S/C15H9ClN2O2/c16-8-5-6-9-11(7-8)15(20)18-12-4-2-1-3-10(12)14(19)17-13(9)18/h1-7,13H,(H,17,19)/t13-/m1/s1. The summed E-state index contributed by atoms with van der Waals surface area (Å²) in [5.74, 6) is -0.308. The molecule has 0 aliphatic carbocycles. The number of anilines is 1. The van der Waals surface area contributed by atoms with Crippen molar-refractivity contribution in [1.29, 1.82) is 0 Å². The van der Waals surface area contributed by atoms with E-state index >= 15 is 0 Å². The van der Waals surface area contributed by atoms with Gasteiger partial charge < -0.3 is 5.32 Å². The fourth-order valence-corrected chi connectivity index (χ4v) is 2.98. The summed E-state index contributed by atoms with van der Waals surface area (Å²) >= 11 is 5.96. The van der Waals surface area contributed by atoms with E-state index in [2.05, 4.69) is 5.32 Å². The zero-order chi connectivity index (χ0) is 13.9. The lowest BCUT2D eigenvalue weighted by molar-refractivity contribution is 0.0912. The molecule has 2 aromatic carbocycles. The van der Waals surface area contributed by atoms with E-state index in [1.54, 1.807) is 41.3 Å². The molecule has 2 heterocycles. The number of hydrogen-bond acceptors (Lipinski definition) is 2. The van der Waals surface area contributed by atoms with E-state index in [-0.39, 0.29) is 11.8 Å². The Labute approximate surface area is 120 Å². The molecular weight excluding hydrogens is 276 g/mol. The molecule has 0 fully saturated rings. The number of nitrogens with one attached hydrogen (secondary N) is 1. The van der Waals surface area contributed by atoms with Crippen molar-refractivity contribution in [3.8, 4) is 0 Å². The predicted molar refractivity (Wildman–Crippen MR) is 74.9 cm³/mol. The van der Waals surface area contributed by atoms with Crippen LogP contribution < -0.4 is 10.2 Å². The molecule has 2 amide bonds. The van der Waals surface area contributed by atoms with Crippen LogP contribution in [0, 0.1) is 0 Å². The Kier molecular flexibility index (Phi) is 2.20. The number of halogens is 1. The highest BCUT2D eigenvalue weighted by Gasteiger charge is 2.43. The van der Waals surface area contributed by atoms with Gasteiger partial charge in [-0.25, -0.2) is 0 Å². The fourth-order valence-electron chi connectivity index (χ4n) is 2.81. The van der Waals surface area contributed by atoms with Crippen LogP contribution in [0.5, 0.6) is 0 Å². The summed E-state index contributed by atoms with van der Waals surface area (Å²) in [5, 5.41) is 3.37. The normalized spacial score (nSPS) is 19.2. The molecule has 0 spiro atoms. The molecule has 0 saturated heterocycles. The van der Waals surface area contributed by atoms with E-state index in [9.17, 15) is 9.59 Å². The molecule has 0 saturated carbocycles. The molecule has 4 nitrogen and oxygen atoms in total. The van der Waals surface area contributed by atoms with Crippen molar-refractivity contribution in [2.45, 2.75) is 6.17 Å². The second kappa shape index (κ2) is 3.84. The maximum absolute atomic E-state index is 12.6. The van der Waals surface area contributed by atoms with Gasteiger partial charge in [-0.15, -0.1) is 0 Å². The van der Waals surface area contributed by atoms with Crippen molar-refractivity contribution in [2.75, 3.05) is 4.90 Å². The maximum atomic E-state index is 12.6. The molecule has 4 rings (SSSR count). The van der Waals surface area contributed by atoms with Crippen molar-refractivity contribution in [3.05, 3.63) is 64.2 Å². The third-order valence-corrected chi connectivity index (χ3v) is 3.93. The predicted octanol–water partition coefficient (Wildman–Crippen LogP) is 2.74. The largest absolute Gasteiger partial charge is 0.327 e. The van der Waals surface area contributed by atoms with Crippen LogP contribution >= 0.6 is 11.6 Å². The first kappa shape index (κ1) is 11.5. The SMILES string of the molecule is O=C1N[C@H]2c3ccc(Cl)cc3C(=O)N2c2ccccc21. The summed E-state index contributed by atoms with van der Waals surface area (Å²) in [6.07, 6.45) is -0.447. The number of rotatable bonds is 0. The van der Waals surface area contributed by atoms with Gasteiger partial charge in [-0.2, -0.15) is 0 Å². The first-order valence-electron chi connectivity index (χ1n) is 6.20. The number of benzene rings is 2. The molecule has 5 heteroatoms. The quantitative estimate of drug-likeness (QED) is 0.809. The summed E-state index contributed by atoms with van der Waals surface area (Å²) in [5.41, 5.74) is 2.47. The lowest BCUT2D eigenvalue weighted by Crippen LogP contribution is -2.45. The summed E-state index contributed by atoms with van der Waals surface area (Å²) < 4.78 is 0. The first-order valence-corrected chi connectivity index (χ1v) is 6.57. The van der Waals surface area contributed by atoms with E-state index in [0.717, 1.165) is 5.56 Å². The Morgan fingerprint density at radius 1 is 1.05 bits per heavy atom. The van der Waals surface area contributed by atoms with E-state index in [4.69, 9.17) is 11.6 Å². The molecule has 1 N–H and O–H groups in total. The number of carbonyl (C=O) groups excluding carboxylic acids is 2. The van der Waals surface area contributed by atoms with E-state index in [1.807, 2.05) is 6.07 Å². The highest BCUT2D eigenvalue weighted by molar-refractivity contribution is 6.31. The van der Waals surface area contributed by atoms with Gasteiger partial charge in [-0.1, -0.05) is 29.8 Å². The zero-order valence-electron chi connectivity index (χ0n) is 10.3. The van der Waals surface area contributed by atoms with Crippen molar-refractivity contribution in [1.82, 2.24) is 5.32 Å². The van der Waals surface area contributed by atoms with Gasteiger partial charge in [0, 0.05) is 16.1 Å². The monoisotopic (exact) mass is 284 g/mol. The summed E-state index contributed by atoms with van der Waals surface area (Å²) in [4.78, 5) is 26.3. The summed E-state index contributed by atoms with van der Waals surface area (Å²) in [6, 6.07) is 12.3. The van der Waals surface area contributed by atoms with Crippen LogP contribution in [-0.4, -0.2) is 11.8 Å².